The molecule has 0 spiro atoms. The molecule has 0 saturated carbocycles. The summed E-state index contributed by atoms with van der Waals surface area (Å²) < 4.78 is 7.33. The van der Waals surface area contributed by atoms with Crippen molar-refractivity contribution in [3.05, 3.63) is 94.6 Å². The summed E-state index contributed by atoms with van der Waals surface area (Å²) >= 11 is 6.49. The van der Waals surface area contributed by atoms with Crippen LogP contribution >= 0.6 is 11.6 Å². The fraction of sp³-hybridized carbons (Fsp3) is 0.185. The third-order valence-corrected chi connectivity index (χ3v) is 6.96. The van der Waals surface area contributed by atoms with Crippen molar-refractivity contribution in [1.29, 1.82) is 0 Å². The van der Waals surface area contributed by atoms with E-state index in [1.165, 1.54) is 0 Å². The Morgan fingerprint density at radius 3 is 2.24 bits per heavy atom. The van der Waals surface area contributed by atoms with E-state index >= 15 is 0 Å². The van der Waals surface area contributed by atoms with Gasteiger partial charge in [0.25, 0.3) is 0 Å². The molecule has 1 aliphatic carbocycles. The Bertz CT molecular complexity index is 1370. The van der Waals surface area contributed by atoms with Crippen LogP contribution in [0.25, 0.3) is 22.0 Å². The van der Waals surface area contributed by atoms with Gasteiger partial charge in [-0.1, -0.05) is 78.3 Å². The van der Waals surface area contributed by atoms with Crippen LogP contribution < -0.4 is 5.32 Å². The van der Waals surface area contributed by atoms with Crippen LogP contribution in [0.15, 0.2) is 72.8 Å². The number of aromatic nitrogens is 1. The van der Waals surface area contributed by atoms with Crippen LogP contribution in [0.1, 0.15) is 22.6 Å². The first-order valence-electron chi connectivity index (χ1n) is 11.0. The molecule has 0 radical (unpaired) electrons. The fourth-order valence-corrected chi connectivity index (χ4v) is 5.09. The van der Waals surface area contributed by atoms with Crippen LogP contribution in [0.3, 0.4) is 0 Å². The van der Waals surface area contributed by atoms with Crippen molar-refractivity contribution in [2.75, 3.05) is 6.61 Å². The second-order valence-electron chi connectivity index (χ2n) is 8.41. The Labute approximate surface area is 201 Å². The number of carbonyl (C=O) groups excluding carboxylic acids is 1. The Morgan fingerprint density at radius 2 is 1.59 bits per heavy atom. The van der Waals surface area contributed by atoms with Crippen molar-refractivity contribution < 1.29 is 19.4 Å². The van der Waals surface area contributed by atoms with Gasteiger partial charge in [-0.15, -0.1) is 0 Å². The van der Waals surface area contributed by atoms with E-state index < -0.39 is 18.1 Å². The Kier molecular flexibility index (Phi) is 5.75. The highest BCUT2D eigenvalue weighted by Gasteiger charge is 2.30. The summed E-state index contributed by atoms with van der Waals surface area (Å²) in [7, 11) is 1.82. The highest BCUT2D eigenvalue weighted by Crippen LogP contribution is 2.44. The van der Waals surface area contributed by atoms with Gasteiger partial charge in [0.2, 0.25) is 0 Å². The summed E-state index contributed by atoms with van der Waals surface area (Å²) in [5.74, 6) is -1.26. The van der Waals surface area contributed by atoms with E-state index in [2.05, 4.69) is 17.4 Å². The number of hydrogen-bond acceptors (Lipinski definition) is 3. The maximum absolute atomic E-state index is 12.6. The number of benzene rings is 3. The zero-order valence-corrected chi connectivity index (χ0v) is 19.3. The van der Waals surface area contributed by atoms with Gasteiger partial charge < -0.3 is 19.7 Å². The fourth-order valence-electron chi connectivity index (χ4n) is 4.82. The molecule has 1 amide bonds. The molecular formula is C27H23ClN2O4. The van der Waals surface area contributed by atoms with Crippen molar-refractivity contribution in [2.24, 2.45) is 7.05 Å². The average molecular weight is 475 g/mol. The van der Waals surface area contributed by atoms with Crippen LogP contribution in [-0.4, -0.2) is 34.4 Å². The van der Waals surface area contributed by atoms with Gasteiger partial charge in [0.15, 0.2) is 0 Å². The number of nitrogens with zero attached hydrogens (tertiary/aromatic N) is 1. The van der Waals surface area contributed by atoms with Crippen LogP contribution in [-0.2, 0) is 23.0 Å². The van der Waals surface area contributed by atoms with E-state index in [0.29, 0.717) is 10.7 Å². The number of carboxylic acids is 1. The predicted octanol–water partition coefficient (Wildman–Crippen LogP) is 5.37. The number of alkyl carbamates (subject to hydrolysis) is 1. The molecule has 1 unspecified atom stereocenters. The highest BCUT2D eigenvalue weighted by molar-refractivity contribution is 6.32. The van der Waals surface area contributed by atoms with Gasteiger partial charge >= 0.3 is 12.1 Å². The highest BCUT2D eigenvalue weighted by atomic mass is 35.5. The number of rotatable bonds is 6. The maximum Gasteiger partial charge on any atom is 0.407 e. The number of nitrogens with one attached hydrogen (secondary N) is 1. The van der Waals surface area contributed by atoms with E-state index in [0.717, 1.165) is 33.2 Å². The molecule has 3 aromatic carbocycles. The first-order valence-corrected chi connectivity index (χ1v) is 11.4. The zero-order valence-electron chi connectivity index (χ0n) is 18.5. The summed E-state index contributed by atoms with van der Waals surface area (Å²) in [5.41, 5.74) is 6.00. The minimum absolute atomic E-state index is 0.0414. The molecule has 4 aromatic rings. The Balaban J connectivity index is 1.31. The predicted molar refractivity (Wildman–Crippen MR) is 131 cm³/mol. The molecule has 0 aliphatic heterocycles. The lowest BCUT2D eigenvalue weighted by atomic mass is 9.98. The van der Waals surface area contributed by atoms with Crippen molar-refractivity contribution in [1.82, 2.24) is 9.88 Å². The van der Waals surface area contributed by atoms with Gasteiger partial charge in [0, 0.05) is 30.3 Å². The Hall–Kier alpha value is -3.77. The van der Waals surface area contributed by atoms with Crippen molar-refractivity contribution >= 4 is 34.6 Å². The van der Waals surface area contributed by atoms with E-state index in [1.807, 2.05) is 67.7 Å². The van der Waals surface area contributed by atoms with Gasteiger partial charge in [-0.3, -0.25) is 0 Å². The van der Waals surface area contributed by atoms with Gasteiger partial charge in [0.1, 0.15) is 17.8 Å². The number of para-hydroxylation sites is 1. The molecule has 0 fully saturated rings. The molecule has 7 heteroatoms. The number of hydrogen-bond donors (Lipinski definition) is 2. The summed E-state index contributed by atoms with van der Waals surface area (Å²) in [4.78, 5) is 24.6. The number of fused-ring (bicyclic) bond motifs is 4. The minimum Gasteiger partial charge on any atom is -0.480 e. The lowest BCUT2D eigenvalue weighted by Crippen LogP contribution is -2.43. The number of ether oxygens (including phenoxy) is 1. The smallest absolute Gasteiger partial charge is 0.407 e. The number of aliphatic carboxylic acids is 1. The molecule has 0 bridgehead atoms. The van der Waals surface area contributed by atoms with Crippen LogP contribution in [0, 0.1) is 0 Å². The number of carboxylic acid groups (broad SMARTS) is 1. The summed E-state index contributed by atoms with van der Waals surface area (Å²) in [6.07, 6.45) is -0.731. The van der Waals surface area contributed by atoms with Crippen molar-refractivity contribution in [3.63, 3.8) is 0 Å². The van der Waals surface area contributed by atoms with Gasteiger partial charge in [0.05, 0.1) is 0 Å². The van der Waals surface area contributed by atoms with Crippen LogP contribution in [0.2, 0.25) is 5.15 Å². The molecule has 1 heterocycles. The number of amides is 1. The topological polar surface area (TPSA) is 80.6 Å². The summed E-state index contributed by atoms with van der Waals surface area (Å²) in [5, 5.41) is 13.6. The second kappa shape index (κ2) is 8.88. The first-order chi connectivity index (χ1) is 16.5. The second-order valence-corrected chi connectivity index (χ2v) is 8.77. The maximum atomic E-state index is 12.6. The molecule has 5 rings (SSSR count). The zero-order chi connectivity index (χ0) is 23.8. The van der Waals surface area contributed by atoms with Crippen molar-refractivity contribution in [2.45, 2.75) is 18.4 Å². The molecule has 1 aliphatic rings. The van der Waals surface area contributed by atoms with Gasteiger partial charge in [-0.25, -0.2) is 9.59 Å². The molecule has 34 heavy (non-hydrogen) atoms. The van der Waals surface area contributed by atoms with E-state index in [1.54, 1.807) is 4.57 Å². The van der Waals surface area contributed by atoms with E-state index in [-0.39, 0.29) is 18.9 Å². The van der Waals surface area contributed by atoms with Crippen LogP contribution in [0.4, 0.5) is 4.79 Å². The minimum atomic E-state index is -1.18. The standard InChI is InChI=1S/C27H23ClN2O4/c1-30-24-13-7-6-12-20(24)21(25(30)28)14-23(26(31)32)29-27(33)34-15-22-18-10-4-2-8-16(18)17-9-3-5-11-19(17)22/h2-13,22-23H,14-15H2,1H3,(H,29,33)(H,31,32). The SMILES string of the molecule is Cn1c(Cl)c(CC(NC(=O)OCC2c3ccccc3-c3ccccc32)C(=O)O)c2ccccc21. The lowest BCUT2D eigenvalue weighted by Gasteiger charge is -2.17. The lowest BCUT2D eigenvalue weighted by molar-refractivity contribution is -0.139. The van der Waals surface area contributed by atoms with E-state index in [9.17, 15) is 14.7 Å². The molecule has 6 nitrogen and oxygen atoms in total. The number of aryl methyl sites for hydroxylation is 1. The normalized spacial score (nSPS) is 13.4. The van der Waals surface area contributed by atoms with E-state index in [4.69, 9.17) is 16.3 Å². The largest absolute Gasteiger partial charge is 0.480 e. The van der Waals surface area contributed by atoms with Gasteiger partial charge in [-0.2, -0.15) is 0 Å². The first kappa shape index (κ1) is 22.0. The van der Waals surface area contributed by atoms with Crippen LogP contribution in [0.5, 0.6) is 0 Å². The summed E-state index contributed by atoms with van der Waals surface area (Å²) in [6, 6.07) is 22.5. The molecule has 172 valence electrons. The molecule has 1 aromatic heterocycles. The van der Waals surface area contributed by atoms with Crippen molar-refractivity contribution in [3.8, 4) is 11.1 Å². The number of carbonyl (C=O) groups is 2. The quantitative estimate of drug-likeness (QED) is 0.394. The molecule has 2 N–H and O–H groups in total. The monoisotopic (exact) mass is 474 g/mol. The third kappa shape index (κ3) is 3.80. The third-order valence-electron chi connectivity index (χ3n) is 6.48. The summed E-state index contributed by atoms with van der Waals surface area (Å²) in [6.45, 7) is 0.112. The molecule has 1 atom stereocenters. The molecular weight excluding hydrogens is 452 g/mol. The van der Waals surface area contributed by atoms with Gasteiger partial charge in [-0.05, 0) is 33.9 Å². The average Bonchev–Trinajstić information content (AvgIpc) is 3.29. The number of halogens is 1. The molecule has 0 saturated heterocycles. The Morgan fingerprint density at radius 1 is 1.00 bits per heavy atom.